The monoisotopic (exact) mass is 1300 g/mol. The van der Waals surface area contributed by atoms with E-state index in [9.17, 15) is 0 Å². The Hall–Kier alpha value is -12.4. The van der Waals surface area contributed by atoms with E-state index < -0.39 is 0 Å². The molecular formula is C96H54O2S2. The molecule has 0 spiro atoms. The number of hydrogen-bond acceptors (Lipinski definition) is 4. The van der Waals surface area contributed by atoms with E-state index in [-0.39, 0.29) is 0 Å². The summed E-state index contributed by atoms with van der Waals surface area (Å²) in [5.74, 6) is 0. The first-order valence-corrected chi connectivity index (χ1v) is 35.9. The number of fused-ring (bicyclic) bond motifs is 22. The van der Waals surface area contributed by atoms with Crippen LogP contribution in [0, 0.1) is 0 Å². The quantitative estimate of drug-likeness (QED) is 0.149. The van der Waals surface area contributed by atoms with Crippen LogP contribution in [0.4, 0.5) is 0 Å². The lowest BCUT2D eigenvalue weighted by Gasteiger charge is -2.17. The summed E-state index contributed by atoms with van der Waals surface area (Å²) >= 11 is 3.76. The van der Waals surface area contributed by atoms with Crippen LogP contribution in [0.2, 0.25) is 0 Å². The van der Waals surface area contributed by atoms with Crippen LogP contribution >= 0.6 is 22.7 Å². The molecule has 0 N–H and O–H groups in total. The summed E-state index contributed by atoms with van der Waals surface area (Å²) in [5.41, 5.74) is 19.9. The molecule has 22 aromatic rings. The number of benzene rings is 18. The SMILES string of the molecule is c1ccc2c(c1)ccc1cc(-c3cc(-c4ccc5sc6ccccc6c5c4)cc(-c4cc(-c5ccc6c(ccc7cc(-c8cc(-c9cccc%10oc%11ccccc%11c9%10)cc(-c9cccc%10oc%11ccccc%11c9%10)c8)c8ccccc8c76)c5)c5sc6ccccc6c5c4)c3)c3ccccc3c12. The smallest absolute Gasteiger partial charge is 0.136 e. The fourth-order valence-electron chi connectivity index (χ4n) is 16.8. The second-order valence-electron chi connectivity index (χ2n) is 26.9. The van der Waals surface area contributed by atoms with Crippen molar-refractivity contribution in [1.29, 1.82) is 0 Å². The van der Waals surface area contributed by atoms with E-state index in [2.05, 4.69) is 315 Å². The van der Waals surface area contributed by atoms with E-state index >= 15 is 0 Å². The summed E-state index contributed by atoms with van der Waals surface area (Å²) in [5, 5.41) is 24.4. The largest absolute Gasteiger partial charge is 0.456 e. The molecular weight excluding hydrogens is 1250 g/mol. The molecule has 2 nitrogen and oxygen atoms in total. The molecule has 462 valence electrons. The molecule has 0 atom stereocenters. The molecule has 0 saturated heterocycles. The summed E-state index contributed by atoms with van der Waals surface area (Å²) < 4.78 is 18.3. The maximum Gasteiger partial charge on any atom is 0.136 e. The van der Waals surface area contributed by atoms with Crippen LogP contribution in [0.1, 0.15) is 0 Å². The molecule has 0 bridgehead atoms. The van der Waals surface area contributed by atoms with Crippen molar-refractivity contribution in [3.05, 3.63) is 328 Å². The molecule has 0 aliphatic rings. The normalized spacial score (nSPS) is 12.2. The highest BCUT2D eigenvalue weighted by Crippen LogP contribution is 2.50. The van der Waals surface area contributed by atoms with Gasteiger partial charge in [0.25, 0.3) is 0 Å². The molecule has 4 heteroatoms. The Labute approximate surface area is 581 Å². The number of rotatable bonds is 7. The Morgan fingerprint density at radius 2 is 0.590 bits per heavy atom. The first-order chi connectivity index (χ1) is 49.5. The number of furan rings is 2. The summed E-state index contributed by atoms with van der Waals surface area (Å²) in [6, 6.07) is 122. The summed E-state index contributed by atoms with van der Waals surface area (Å²) in [6.07, 6.45) is 0. The maximum absolute atomic E-state index is 6.54. The lowest BCUT2D eigenvalue weighted by molar-refractivity contribution is 0.668. The zero-order valence-corrected chi connectivity index (χ0v) is 55.4. The van der Waals surface area contributed by atoms with Crippen LogP contribution in [0.25, 0.3) is 227 Å². The van der Waals surface area contributed by atoms with Crippen LogP contribution in [0.3, 0.4) is 0 Å². The number of hydrogen-bond donors (Lipinski definition) is 0. The van der Waals surface area contributed by atoms with Crippen molar-refractivity contribution in [2.45, 2.75) is 0 Å². The third kappa shape index (κ3) is 8.48. The van der Waals surface area contributed by atoms with Crippen LogP contribution in [-0.2, 0) is 0 Å². The van der Waals surface area contributed by atoms with Crippen molar-refractivity contribution in [2.24, 2.45) is 0 Å². The van der Waals surface area contributed by atoms with Crippen molar-refractivity contribution in [3.8, 4) is 77.9 Å². The summed E-state index contributed by atoms with van der Waals surface area (Å²) in [6.45, 7) is 0. The molecule has 22 rings (SSSR count). The molecule has 0 saturated carbocycles. The molecule has 0 radical (unpaired) electrons. The number of thiophene rings is 2. The van der Waals surface area contributed by atoms with Crippen molar-refractivity contribution in [2.75, 3.05) is 0 Å². The highest BCUT2D eigenvalue weighted by molar-refractivity contribution is 7.26. The van der Waals surface area contributed by atoms with E-state index in [0.29, 0.717) is 0 Å². The van der Waals surface area contributed by atoms with Crippen LogP contribution in [0.5, 0.6) is 0 Å². The Kier molecular flexibility index (Phi) is 12.0. The van der Waals surface area contributed by atoms with Crippen molar-refractivity contribution < 1.29 is 8.83 Å². The van der Waals surface area contributed by atoms with Gasteiger partial charge in [0, 0.05) is 67.5 Å². The first-order valence-electron chi connectivity index (χ1n) is 34.2. The zero-order chi connectivity index (χ0) is 65.3. The predicted molar refractivity (Wildman–Crippen MR) is 430 cm³/mol. The fourth-order valence-corrected chi connectivity index (χ4v) is 19.1. The Balaban J connectivity index is 0.735. The molecule has 0 aliphatic carbocycles. The van der Waals surface area contributed by atoms with Crippen LogP contribution < -0.4 is 0 Å². The minimum atomic E-state index is 0.873. The maximum atomic E-state index is 6.54. The zero-order valence-electron chi connectivity index (χ0n) is 53.8. The van der Waals surface area contributed by atoms with Gasteiger partial charge < -0.3 is 8.83 Å². The van der Waals surface area contributed by atoms with Gasteiger partial charge in [-0.25, -0.2) is 0 Å². The Morgan fingerprint density at radius 1 is 0.170 bits per heavy atom. The van der Waals surface area contributed by atoms with Gasteiger partial charge in [0.1, 0.15) is 22.3 Å². The third-order valence-electron chi connectivity index (χ3n) is 21.3. The highest BCUT2D eigenvalue weighted by atomic mass is 32.1. The Bertz CT molecular complexity index is 7160. The average molecular weight is 1300 g/mol. The van der Waals surface area contributed by atoms with Gasteiger partial charge in [0.05, 0.1) is 0 Å². The highest BCUT2D eigenvalue weighted by Gasteiger charge is 2.23. The molecule has 100 heavy (non-hydrogen) atoms. The summed E-state index contributed by atoms with van der Waals surface area (Å²) in [4.78, 5) is 0. The average Bonchev–Trinajstić information content (AvgIpc) is 0.762. The van der Waals surface area contributed by atoms with Crippen molar-refractivity contribution >= 4 is 172 Å². The van der Waals surface area contributed by atoms with Gasteiger partial charge in [0.15, 0.2) is 0 Å². The van der Waals surface area contributed by atoms with Gasteiger partial charge in [0.2, 0.25) is 0 Å². The molecule has 4 heterocycles. The minimum Gasteiger partial charge on any atom is -0.456 e. The van der Waals surface area contributed by atoms with Gasteiger partial charge in [-0.1, -0.05) is 212 Å². The van der Waals surface area contributed by atoms with Gasteiger partial charge in [-0.2, -0.15) is 0 Å². The van der Waals surface area contributed by atoms with E-state index in [4.69, 9.17) is 8.83 Å². The molecule has 0 aliphatic heterocycles. The lowest BCUT2D eigenvalue weighted by Crippen LogP contribution is -1.91. The molecule has 4 aromatic heterocycles. The second-order valence-corrected chi connectivity index (χ2v) is 29.0. The summed E-state index contributed by atoms with van der Waals surface area (Å²) in [7, 11) is 0. The van der Waals surface area contributed by atoms with Crippen LogP contribution in [-0.4, -0.2) is 0 Å². The van der Waals surface area contributed by atoms with Gasteiger partial charge in [-0.15, -0.1) is 22.7 Å². The van der Waals surface area contributed by atoms with E-state index in [1.165, 1.54) is 155 Å². The minimum absolute atomic E-state index is 0.873. The predicted octanol–water partition coefficient (Wildman–Crippen LogP) is 28.8. The molecule has 0 unspecified atom stereocenters. The number of para-hydroxylation sites is 2. The van der Waals surface area contributed by atoms with Gasteiger partial charge in [-0.3, -0.25) is 0 Å². The van der Waals surface area contributed by atoms with Gasteiger partial charge >= 0.3 is 0 Å². The third-order valence-corrected chi connectivity index (χ3v) is 23.7. The molecule has 18 aromatic carbocycles. The molecule has 0 amide bonds. The van der Waals surface area contributed by atoms with Gasteiger partial charge in [-0.05, 0) is 252 Å². The standard InChI is InChI=1S/C96H54O2S2/c1-2-18-68-55(17-1)35-37-59-51-80(72-19-3-5-23-76(72)92(59)68)66-45-61(56-40-42-91-83(50-56)74-21-9-13-33-89(74)99-91)44-62(46-66)63-53-82(96-84(54-63)75-22-10-14-34-90(75)100-96)58-39-41-71-57(43-58)36-38-60-52-81(73-20-4-6-24-77(73)93(60)71)67-48-64(69-27-15-31-87-94(69)78-25-7-11-29-85(78)97-87)47-65(49-67)70-28-16-32-88-95(70)79-26-8-12-30-86(79)98-88/h1-54H. The van der Waals surface area contributed by atoms with Crippen molar-refractivity contribution in [1.82, 2.24) is 0 Å². The van der Waals surface area contributed by atoms with E-state index in [1.807, 2.05) is 34.8 Å². The fraction of sp³-hybridized carbons (Fsp3) is 0. The van der Waals surface area contributed by atoms with Crippen molar-refractivity contribution in [3.63, 3.8) is 0 Å². The topological polar surface area (TPSA) is 26.3 Å². The lowest BCUT2D eigenvalue weighted by atomic mass is 9.86. The van der Waals surface area contributed by atoms with E-state index in [1.54, 1.807) is 0 Å². The first kappa shape index (κ1) is 55.7. The van der Waals surface area contributed by atoms with Crippen LogP contribution in [0.15, 0.2) is 336 Å². The second kappa shape index (κ2) is 21.5. The Morgan fingerprint density at radius 3 is 1.22 bits per heavy atom. The molecule has 0 fully saturated rings. The van der Waals surface area contributed by atoms with E-state index in [0.717, 1.165) is 71.7 Å².